The van der Waals surface area contributed by atoms with Crippen molar-refractivity contribution in [3.63, 3.8) is 0 Å². The van der Waals surface area contributed by atoms with E-state index in [1.807, 2.05) is 13.8 Å². The Labute approximate surface area is 155 Å². The number of carbonyl (C=O) groups excluding carboxylic acids is 1. The molecule has 154 valence electrons. The van der Waals surface area contributed by atoms with Crippen molar-refractivity contribution in [2.24, 2.45) is 5.92 Å². The molecule has 0 aromatic heterocycles. The number of amides is 1. The zero-order valence-electron chi connectivity index (χ0n) is 15.4. The first-order valence-electron chi connectivity index (χ1n) is 8.45. The Hall–Kier alpha value is -1.87. The van der Waals surface area contributed by atoms with Crippen molar-refractivity contribution in [2.45, 2.75) is 58.5 Å². The molecule has 2 N–H and O–H groups in total. The van der Waals surface area contributed by atoms with Gasteiger partial charge in [-0.2, -0.15) is 17.6 Å². The fraction of sp³-hybridized carbons (Fsp3) is 0.611. The lowest BCUT2D eigenvalue weighted by Crippen LogP contribution is -2.38. The van der Waals surface area contributed by atoms with E-state index in [1.54, 1.807) is 0 Å². The molecule has 0 saturated heterocycles. The van der Waals surface area contributed by atoms with Crippen LogP contribution in [-0.2, 0) is 9.53 Å². The predicted octanol–water partition coefficient (Wildman–Crippen LogP) is 3.87. The van der Waals surface area contributed by atoms with Crippen molar-refractivity contribution in [3.05, 3.63) is 29.8 Å². The molecule has 0 unspecified atom stereocenters. The summed E-state index contributed by atoms with van der Waals surface area (Å²) in [6.45, 7) is -1.40. The van der Waals surface area contributed by atoms with Crippen LogP contribution in [0.3, 0.4) is 0 Å². The largest absolute Gasteiger partial charge is 0.435 e. The van der Waals surface area contributed by atoms with Crippen molar-refractivity contribution < 1.29 is 36.9 Å². The summed E-state index contributed by atoms with van der Waals surface area (Å²) in [7, 11) is 0. The molecule has 0 radical (unpaired) electrons. The van der Waals surface area contributed by atoms with E-state index in [1.165, 1.54) is 31.2 Å². The van der Waals surface area contributed by atoms with Gasteiger partial charge in [-0.3, -0.25) is 4.79 Å². The molecule has 1 rings (SSSR count). The Morgan fingerprint density at radius 2 is 1.89 bits per heavy atom. The molecule has 27 heavy (non-hydrogen) atoms. The van der Waals surface area contributed by atoms with Crippen LogP contribution >= 0.6 is 0 Å². The van der Waals surface area contributed by atoms with E-state index < -0.39 is 37.4 Å². The maximum absolute atomic E-state index is 12.4. The molecule has 2 atom stereocenters. The normalized spacial score (nSPS) is 15.1. The highest BCUT2D eigenvalue weighted by Crippen LogP contribution is 2.24. The fourth-order valence-corrected chi connectivity index (χ4v) is 2.84. The first-order chi connectivity index (χ1) is 12.5. The smallest absolute Gasteiger partial charge is 0.387 e. The van der Waals surface area contributed by atoms with E-state index in [0.717, 1.165) is 0 Å². The van der Waals surface area contributed by atoms with Crippen LogP contribution in [0, 0.1) is 5.92 Å². The van der Waals surface area contributed by atoms with Crippen LogP contribution in [0.4, 0.5) is 17.6 Å². The quantitative estimate of drug-likeness (QED) is 0.558. The van der Waals surface area contributed by atoms with Crippen LogP contribution in [0.15, 0.2) is 24.3 Å². The number of halogens is 4. The summed E-state index contributed by atoms with van der Waals surface area (Å²) in [6.07, 6.45) is 0.125. The van der Waals surface area contributed by atoms with Gasteiger partial charge in [0.05, 0.1) is 24.7 Å². The van der Waals surface area contributed by atoms with Crippen LogP contribution in [-0.4, -0.2) is 36.4 Å². The van der Waals surface area contributed by atoms with Crippen LogP contribution in [0.25, 0.3) is 0 Å². The molecular weight excluding hydrogens is 370 g/mol. The fourth-order valence-electron chi connectivity index (χ4n) is 2.84. The second kappa shape index (κ2) is 10.5. The molecule has 0 aliphatic heterocycles. The first-order valence-corrected chi connectivity index (χ1v) is 8.45. The van der Waals surface area contributed by atoms with Gasteiger partial charge in [0.25, 0.3) is 0 Å². The van der Waals surface area contributed by atoms with Crippen molar-refractivity contribution in [3.8, 4) is 5.75 Å². The van der Waals surface area contributed by atoms with Gasteiger partial charge in [0.2, 0.25) is 5.91 Å². The molecule has 0 saturated carbocycles. The number of carbonyl (C=O) groups is 1. The lowest BCUT2D eigenvalue weighted by atomic mass is 9.91. The average molecular weight is 395 g/mol. The Bertz CT molecular complexity index is 596. The third-order valence-electron chi connectivity index (χ3n) is 3.60. The SMILES string of the molecule is CC(C)C[C@@](C)(O)CC(=O)N[C@@H](COC(F)F)c1cccc(OC(F)F)c1. The molecule has 0 bridgehead atoms. The standard InChI is InChI=1S/C18H25F4NO4/c1-11(2)8-18(3,25)9-15(24)23-14(10-26-16(19)20)12-5-4-6-13(7-12)27-17(21)22/h4-7,11,14,16-17,25H,8-10H2,1-3H3,(H,23,24)/t14-,18+/m0/s1. The molecule has 0 heterocycles. The Kier molecular flexibility index (Phi) is 8.98. The first kappa shape index (κ1) is 23.2. The van der Waals surface area contributed by atoms with Crippen molar-refractivity contribution >= 4 is 5.91 Å². The van der Waals surface area contributed by atoms with E-state index in [4.69, 9.17) is 0 Å². The predicted molar refractivity (Wildman–Crippen MR) is 90.6 cm³/mol. The second-order valence-electron chi connectivity index (χ2n) is 6.94. The minimum absolute atomic E-state index is 0.147. The summed E-state index contributed by atoms with van der Waals surface area (Å²) >= 11 is 0. The lowest BCUT2D eigenvalue weighted by Gasteiger charge is -2.26. The molecule has 1 aromatic carbocycles. The number of ether oxygens (including phenoxy) is 2. The summed E-state index contributed by atoms with van der Waals surface area (Å²) in [5.74, 6) is -0.608. The van der Waals surface area contributed by atoms with E-state index in [0.29, 0.717) is 6.42 Å². The maximum atomic E-state index is 12.4. The highest BCUT2D eigenvalue weighted by atomic mass is 19.3. The van der Waals surface area contributed by atoms with Crippen LogP contribution in [0.1, 0.15) is 45.2 Å². The lowest BCUT2D eigenvalue weighted by molar-refractivity contribution is -0.140. The van der Waals surface area contributed by atoms with Gasteiger partial charge < -0.3 is 19.9 Å². The minimum atomic E-state index is -3.06. The highest BCUT2D eigenvalue weighted by molar-refractivity contribution is 5.77. The van der Waals surface area contributed by atoms with Crippen LogP contribution in [0.2, 0.25) is 0 Å². The second-order valence-corrected chi connectivity index (χ2v) is 6.94. The number of rotatable bonds is 11. The van der Waals surface area contributed by atoms with Gasteiger partial charge in [-0.1, -0.05) is 26.0 Å². The van der Waals surface area contributed by atoms with Gasteiger partial charge >= 0.3 is 13.2 Å². The van der Waals surface area contributed by atoms with Crippen LogP contribution in [0.5, 0.6) is 5.75 Å². The Morgan fingerprint density at radius 1 is 1.22 bits per heavy atom. The zero-order valence-corrected chi connectivity index (χ0v) is 15.4. The Balaban J connectivity index is 2.89. The van der Waals surface area contributed by atoms with Gasteiger partial charge in [-0.05, 0) is 37.0 Å². The third kappa shape index (κ3) is 9.58. The van der Waals surface area contributed by atoms with Gasteiger partial charge in [0.15, 0.2) is 0 Å². The molecule has 9 heteroatoms. The van der Waals surface area contributed by atoms with Gasteiger partial charge in [0, 0.05) is 0 Å². The maximum Gasteiger partial charge on any atom is 0.387 e. The summed E-state index contributed by atoms with van der Waals surface area (Å²) in [5, 5.41) is 12.8. The molecule has 0 aliphatic carbocycles. The molecule has 1 aromatic rings. The van der Waals surface area contributed by atoms with E-state index in [9.17, 15) is 27.5 Å². The van der Waals surface area contributed by atoms with E-state index in [-0.39, 0.29) is 23.7 Å². The molecule has 0 spiro atoms. The average Bonchev–Trinajstić information content (AvgIpc) is 2.48. The minimum Gasteiger partial charge on any atom is -0.435 e. The van der Waals surface area contributed by atoms with Crippen molar-refractivity contribution in [2.75, 3.05) is 6.61 Å². The van der Waals surface area contributed by atoms with Gasteiger partial charge in [-0.15, -0.1) is 0 Å². The molecule has 5 nitrogen and oxygen atoms in total. The number of benzene rings is 1. The summed E-state index contributed by atoms with van der Waals surface area (Å²) in [5.41, 5.74) is -1.02. The number of nitrogens with one attached hydrogen (secondary N) is 1. The summed E-state index contributed by atoms with van der Waals surface area (Å²) in [4.78, 5) is 12.3. The number of aliphatic hydroxyl groups is 1. The van der Waals surface area contributed by atoms with Gasteiger partial charge in [0.1, 0.15) is 5.75 Å². The van der Waals surface area contributed by atoms with Crippen LogP contribution < -0.4 is 10.1 Å². The topological polar surface area (TPSA) is 67.8 Å². The monoisotopic (exact) mass is 395 g/mol. The molecule has 0 fully saturated rings. The van der Waals surface area contributed by atoms with Crippen molar-refractivity contribution in [1.82, 2.24) is 5.32 Å². The summed E-state index contributed by atoms with van der Waals surface area (Å²) < 4.78 is 58.1. The molecule has 1 amide bonds. The van der Waals surface area contributed by atoms with Crippen molar-refractivity contribution in [1.29, 1.82) is 0 Å². The third-order valence-corrected chi connectivity index (χ3v) is 3.60. The zero-order chi connectivity index (χ0) is 20.6. The number of alkyl halides is 4. The summed E-state index contributed by atoms with van der Waals surface area (Å²) in [6, 6.07) is 4.31. The Morgan fingerprint density at radius 3 is 2.44 bits per heavy atom. The molecule has 0 aliphatic rings. The van der Waals surface area contributed by atoms with E-state index in [2.05, 4.69) is 14.8 Å². The van der Waals surface area contributed by atoms with Gasteiger partial charge in [-0.25, -0.2) is 0 Å². The number of hydrogen-bond acceptors (Lipinski definition) is 4. The molecular formula is C18H25F4NO4. The highest BCUT2D eigenvalue weighted by Gasteiger charge is 2.27. The van der Waals surface area contributed by atoms with E-state index >= 15 is 0 Å². The number of hydrogen-bond donors (Lipinski definition) is 2.